The van der Waals surface area contributed by atoms with Crippen LogP contribution in [0, 0.1) is 0 Å². The van der Waals surface area contributed by atoms with E-state index in [2.05, 4.69) is 10.6 Å². The molecule has 2 aromatic rings. The van der Waals surface area contributed by atoms with E-state index in [9.17, 15) is 4.79 Å². The summed E-state index contributed by atoms with van der Waals surface area (Å²) in [6.07, 6.45) is 0. The summed E-state index contributed by atoms with van der Waals surface area (Å²) < 4.78 is 5.15. The Morgan fingerprint density at radius 1 is 1.23 bits per heavy atom. The maximum atomic E-state index is 12.2. The van der Waals surface area contributed by atoms with Crippen molar-refractivity contribution in [3.8, 4) is 5.75 Å². The Bertz CT molecular complexity index is 677. The lowest BCUT2D eigenvalue weighted by Gasteiger charge is -2.12. The minimum absolute atomic E-state index is 0.246. The second-order valence-electron chi connectivity index (χ2n) is 4.47. The van der Waals surface area contributed by atoms with Crippen LogP contribution in [0.2, 0.25) is 5.02 Å². The zero-order chi connectivity index (χ0) is 15.9. The van der Waals surface area contributed by atoms with Crippen LogP contribution >= 0.6 is 23.8 Å². The largest absolute Gasteiger partial charge is 0.496 e. The monoisotopic (exact) mass is 334 g/mol. The topological polar surface area (TPSA) is 50.4 Å². The molecule has 0 atom stereocenters. The summed E-state index contributed by atoms with van der Waals surface area (Å²) in [6.45, 7) is 0.534. The second kappa shape index (κ2) is 7.77. The molecule has 0 radical (unpaired) electrons. The van der Waals surface area contributed by atoms with E-state index in [0.29, 0.717) is 22.9 Å². The number of thiocarbonyl (C=S) groups is 1. The second-order valence-corrected chi connectivity index (χ2v) is 5.31. The van der Waals surface area contributed by atoms with Gasteiger partial charge in [-0.25, -0.2) is 0 Å². The number of hydrogen-bond acceptors (Lipinski definition) is 3. The van der Waals surface area contributed by atoms with Crippen LogP contribution in [0.3, 0.4) is 0 Å². The number of methoxy groups -OCH3 is 1. The van der Waals surface area contributed by atoms with Gasteiger partial charge in [0.25, 0.3) is 5.91 Å². The van der Waals surface area contributed by atoms with Gasteiger partial charge in [-0.2, -0.15) is 0 Å². The molecule has 1 amide bonds. The lowest BCUT2D eigenvalue weighted by atomic mass is 10.2. The fraction of sp³-hybridized carbons (Fsp3) is 0.125. The molecule has 0 aromatic heterocycles. The number of rotatable bonds is 4. The summed E-state index contributed by atoms with van der Waals surface area (Å²) in [7, 11) is 1.49. The molecule has 0 aliphatic rings. The van der Waals surface area contributed by atoms with Crippen LogP contribution in [-0.2, 0) is 6.54 Å². The fourth-order valence-corrected chi connectivity index (χ4v) is 2.19. The van der Waals surface area contributed by atoms with Crippen molar-refractivity contribution in [2.24, 2.45) is 0 Å². The van der Waals surface area contributed by atoms with Gasteiger partial charge < -0.3 is 10.1 Å². The highest BCUT2D eigenvalue weighted by molar-refractivity contribution is 7.80. The van der Waals surface area contributed by atoms with Crippen molar-refractivity contribution in [2.45, 2.75) is 6.54 Å². The molecule has 0 saturated heterocycles. The minimum atomic E-state index is -0.370. The van der Waals surface area contributed by atoms with Gasteiger partial charge in [-0.15, -0.1) is 0 Å². The first-order valence-electron chi connectivity index (χ1n) is 6.57. The number of ether oxygens (including phenoxy) is 1. The average molecular weight is 335 g/mol. The van der Waals surface area contributed by atoms with Crippen molar-refractivity contribution in [1.82, 2.24) is 10.6 Å². The van der Waals surface area contributed by atoms with E-state index in [4.69, 9.17) is 28.6 Å². The predicted octanol–water partition coefficient (Wildman–Crippen LogP) is 3.15. The maximum absolute atomic E-state index is 12.2. The van der Waals surface area contributed by atoms with Crippen LogP contribution in [0.5, 0.6) is 5.75 Å². The number of carbonyl (C=O) groups excluding carboxylic acids is 1. The van der Waals surface area contributed by atoms with Gasteiger partial charge in [-0.3, -0.25) is 10.1 Å². The molecule has 0 aliphatic heterocycles. The molecular formula is C16H15ClN2O2S. The lowest BCUT2D eigenvalue weighted by molar-refractivity contribution is 0.0973. The van der Waals surface area contributed by atoms with Crippen LogP contribution < -0.4 is 15.4 Å². The summed E-state index contributed by atoms with van der Waals surface area (Å²) in [6, 6.07) is 14.6. The third kappa shape index (κ3) is 4.44. The van der Waals surface area contributed by atoms with Crippen molar-refractivity contribution in [1.29, 1.82) is 0 Å². The molecule has 0 aliphatic carbocycles. The number of nitrogens with one attached hydrogen (secondary N) is 2. The molecule has 22 heavy (non-hydrogen) atoms. The summed E-state index contributed by atoms with van der Waals surface area (Å²) in [4.78, 5) is 12.2. The van der Waals surface area contributed by atoms with Crippen molar-refractivity contribution < 1.29 is 9.53 Å². The van der Waals surface area contributed by atoms with Crippen LogP contribution in [-0.4, -0.2) is 18.1 Å². The van der Waals surface area contributed by atoms with E-state index in [0.717, 1.165) is 5.56 Å². The molecule has 0 saturated carbocycles. The Kier molecular flexibility index (Phi) is 5.75. The van der Waals surface area contributed by atoms with E-state index >= 15 is 0 Å². The molecule has 114 valence electrons. The highest BCUT2D eigenvalue weighted by Crippen LogP contribution is 2.22. The van der Waals surface area contributed by atoms with Crippen LogP contribution in [0.15, 0.2) is 48.5 Å². The molecule has 0 spiro atoms. The van der Waals surface area contributed by atoms with Gasteiger partial charge in [-0.05, 0) is 36.0 Å². The third-order valence-electron chi connectivity index (χ3n) is 2.93. The number of benzene rings is 2. The summed E-state index contributed by atoms with van der Waals surface area (Å²) >= 11 is 11.0. The van der Waals surface area contributed by atoms with Crippen LogP contribution in [0.4, 0.5) is 0 Å². The van der Waals surface area contributed by atoms with Crippen molar-refractivity contribution in [2.75, 3.05) is 7.11 Å². The minimum Gasteiger partial charge on any atom is -0.496 e. The number of halogens is 1. The van der Waals surface area contributed by atoms with E-state index in [1.165, 1.54) is 13.2 Å². The third-order valence-corrected chi connectivity index (χ3v) is 3.41. The van der Waals surface area contributed by atoms with Gasteiger partial charge in [0, 0.05) is 11.6 Å². The molecule has 2 N–H and O–H groups in total. The number of hydrogen-bond donors (Lipinski definition) is 2. The SMILES string of the molecule is COc1ccc(Cl)cc1C(=O)NC(=S)NCc1ccccc1. The molecule has 0 bridgehead atoms. The smallest absolute Gasteiger partial charge is 0.261 e. The molecule has 2 rings (SSSR count). The van der Waals surface area contributed by atoms with Crippen molar-refractivity contribution in [3.63, 3.8) is 0 Å². The van der Waals surface area contributed by atoms with Gasteiger partial charge in [-0.1, -0.05) is 41.9 Å². The van der Waals surface area contributed by atoms with E-state index in [-0.39, 0.29) is 11.0 Å². The summed E-state index contributed by atoms with van der Waals surface area (Å²) in [5.74, 6) is 0.0673. The Balaban J connectivity index is 1.97. The molecule has 0 fully saturated rings. The van der Waals surface area contributed by atoms with E-state index < -0.39 is 0 Å². The van der Waals surface area contributed by atoms with Gasteiger partial charge in [0.15, 0.2) is 5.11 Å². The van der Waals surface area contributed by atoms with Crippen molar-refractivity contribution >= 4 is 34.8 Å². The first-order chi connectivity index (χ1) is 10.6. The first-order valence-corrected chi connectivity index (χ1v) is 7.35. The van der Waals surface area contributed by atoms with Gasteiger partial charge in [0.2, 0.25) is 0 Å². The highest BCUT2D eigenvalue weighted by Gasteiger charge is 2.14. The first kappa shape index (κ1) is 16.3. The summed E-state index contributed by atoms with van der Waals surface area (Å²) in [5, 5.41) is 6.29. The number of amides is 1. The summed E-state index contributed by atoms with van der Waals surface area (Å²) in [5.41, 5.74) is 1.40. The molecule has 4 nitrogen and oxygen atoms in total. The zero-order valence-electron chi connectivity index (χ0n) is 11.9. The molecule has 2 aromatic carbocycles. The van der Waals surface area contributed by atoms with Crippen LogP contribution in [0.25, 0.3) is 0 Å². The van der Waals surface area contributed by atoms with Crippen molar-refractivity contribution in [3.05, 3.63) is 64.7 Å². The quantitative estimate of drug-likeness (QED) is 0.843. The normalized spacial score (nSPS) is 9.91. The Morgan fingerprint density at radius 2 is 1.95 bits per heavy atom. The fourth-order valence-electron chi connectivity index (χ4n) is 1.85. The lowest BCUT2D eigenvalue weighted by Crippen LogP contribution is -2.39. The molecule has 0 heterocycles. The maximum Gasteiger partial charge on any atom is 0.261 e. The average Bonchev–Trinajstić information content (AvgIpc) is 2.54. The van der Waals surface area contributed by atoms with Gasteiger partial charge >= 0.3 is 0 Å². The van der Waals surface area contributed by atoms with Gasteiger partial charge in [0.05, 0.1) is 12.7 Å². The highest BCUT2D eigenvalue weighted by atomic mass is 35.5. The standard InChI is InChI=1S/C16H15ClN2O2S/c1-21-14-8-7-12(17)9-13(14)15(20)19-16(22)18-10-11-5-3-2-4-6-11/h2-9H,10H2,1H3,(H2,18,19,20,22). The zero-order valence-corrected chi connectivity index (χ0v) is 13.5. The molecule has 6 heteroatoms. The van der Waals surface area contributed by atoms with E-state index in [1.54, 1.807) is 12.1 Å². The molecular weight excluding hydrogens is 320 g/mol. The van der Waals surface area contributed by atoms with Gasteiger partial charge in [0.1, 0.15) is 5.75 Å². The molecule has 0 unspecified atom stereocenters. The Morgan fingerprint density at radius 3 is 2.64 bits per heavy atom. The van der Waals surface area contributed by atoms with E-state index in [1.807, 2.05) is 30.3 Å². The number of carbonyl (C=O) groups is 1. The van der Waals surface area contributed by atoms with Crippen LogP contribution in [0.1, 0.15) is 15.9 Å². The Labute approximate surface area is 139 Å². The predicted molar refractivity (Wildman–Crippen MR) is 91.3 cm³/mol. The Hall–Kier alpha value is -2.11.